The molecule has 0 spiro atoms. The van der Waals surface area contributed by atoms with Crippen LogP contribution in [0.2, 0.25) is 0 Å². The Kier molecular flexibility index (Phi) is 3.49. The summed E-state index contributed by atoms with van der Waals surface area (Å²) in [5.41, 5.74) is 2.86. The van der Waals surface area contributed by atoms with E-state index in [4.69, 9.17) is 4.74 Å². The zero-order valence-corrected chi connectivity index (χ0v) is 17.5. The molecule has 2 nitrogen and oxygen atoms in total. The van der Waals surface area contributed by atoms with Gasteiger partial charge in [-0.2, -0.15) is 0 Å². The first-order valence-electron chi connectivity index (χ1n) is 10.9. The molecule has 0 amide bonds. The average Bonchev–Trinajstić information content (AvgIpc) is 2.94. The van der Waals surface area contributed by atoms with Crippen molar-refractivity contribution < 1.29 is 9.84 Å². The van der Waals surface area contributed by atoms with Crippen LogP contribution in [0.5, 0.6) is 11.5 Å². The van der Waals surface area contributed by atoms with Crippen LogP contribution in [-0.4, -0.2) is 10.7 Å². The molecule has 2 fully saturated rings. The first kappa shape index (κ1) is 17.6. The van der Waals surface area contributed by atoms with Gasteiger partial charge < -0.3 is 9.84 Å². The number of fused-ring (bicyclic) bond motifs is 5. The first-order chi connectivity index (χ1) is 12.6. The Morgan fingerprint density at radius 1 is 1.04 bits per heavy atom. The number of hydrogen-bond acceptors (Lipinski definition) is 2. The van der Waals surface area contributed by atoms with E-state index in [1.165, 1.54) is 24.8 Å². The van der Waals surface area contributed by atoms with Gasteiger partial charge in [0.25, 0.3) is 0 Å². The average molecular weight is 367 g/mol. The Bertz CT molecular complexity index is 818. The lowest BCUT2D eigenvalue weighted by Gasteiger charge is -2.46. The summed E-state index contributed by atoms with van der Waals surface area (Å²) in [6.07, 6.45) is 10.5. The van der Waals surface area contributed by atoms with Gasteiger partial charge in [0.05, 0.1) is 0 Å². The maximum Gasteiger partial charge on any atom is 0.127 e. The Morgan fingerprint density at radius 2 is 1.78 bits per heavy atom. The van der Waals surface area contributed by atoms with Gasteiger partial charge in [0.2, 0.25) is 0 Å². The first-order valence-corrected chi connectivity index (χ1v) is 10.9. The van der Waals surface area contributed by atoms with Gasteiger partial charge in [-0.1, -0.05) is 32.9 Å². The normalized spacial score (nSPS) is 40.3. The second kappa shape index (κ2) is 5.33. The Labute approximate surface area is 164 Å². The smallest absolute Gasteiger partial charge is 0.127 e. The minimum Gasteiger partial charge on any atom is -0.508 e. The van der Waals surface area contributed by atoms with Crippen LogP contribution in [-0.2, 0) is 0 Å². The number of benzene rings is 1. The standard InChI is InChI=1S/C25H34O2/c1-23(2)16-10-11-25(23,5)19(14-16)15-12-20(26)22-17-8-6-7-9-18(17)24(3,4)27-21(22)13-15/h6-7,12-13,16-19,26H,8-11,14H2,1-5H3/t16?,17-,18-,19?,25?/m1/s1. The maximum absolute atomic E-state index is 11.1. The highest BCUT2D eigenvalue weighted by Crippen LogP contribution is 2.71. The fourth-order valence-electron chi connectivity index (χ4n) is 7.26. The van der Waals surface area contributed by atoms with Crippen molar-refractivity contribution in [2.45, 2.75) is 84.2 Å². The molecule has 2 heteroatoms. The molecule has 5 rings (SSSR count). The van der Waals surface area contributed by atoms with Crippen molar-refractivity contribution in [2.24, 2.45) is 22.7 Å². The summed E-state index contributed by atoms with van der Waals surface area (Å²) in [6, 6.07) is 4.38. The highest BCUT2D eigenvalue weighted by Gasteiger charge is 2.61. The fraction of sp³-hybridized carbons (Fsp3) is 0.680. The van der Waals surface area contributed by atoms with Crippen molar-refractivity contribution in [3.63, 3.8) is 0 Å². The van der Waals surface area contributed by atoms with Crippen LogP contribution in [0, 0.1) is 22.7 Å². The molecule has 0 aromatic heterocycles. The van der Waals surface area contributed by atoms with E-state index < -0.39 is 0 Å². The molecule has 0 saturated heterocycles. The molecule has 1 aromatic rings. The Morgan fingerprint density at radius 3 is 2.44 bits per heavy atom. The van der Waals surface area contributed by atoms with Gasteiger partial charge in [0, 0.05) is 17.4 Å². The number of rotatable bonds is 1. The van der Waals surface area contributed by atoms with Gasteiger partial charge in [-0.05, 0) is 86.3 Å². The molecule has 5 atom stereocenters. The zero-order valence-electron chi connectivity index (χ0n) is 17.5. The van der Waals surface area contributed by atoms with Crippen molar-refractivity contribution >= 4 is 0 Å². The highest BCUT2D eigenvalue weighted by atomic mass is 16.5. The predicted molar refractivity (Wildman–Crippen MR) is 109 cm³/mol. The third kappa shape index (κ3) is 2.19. The van der Waals surface area contributed by atoms with Crippen LogP contribution in [0.4, 0.5) is 0 Å². The molecule has 2 saturated carbocycles. The van der Waals surface area contributed by atoms with Crippen molar-refractivity contribution in [3.8, 4) is 11.5 Å². The predicted octanol–water partition coefficient (Wildman–Crippen LogP) is 6.54. The second-order valence-electron chi connectivity index (χ2n) is 11.0. The summed E-state index contributed by atoms with van der Waals surface area (Å²) in [6.45, 7) is 11.8. The van der Waals surface area contributed by atoms with Crippen molar-refractivity contribution in [3.05, 3.63) is 35.4 Å². The van der Waals surface area contributed by atoms with Gasteiger partial charge in [0.1, 0.15) is 17.1 Å². The summed E-state index contributed by atoms with van der Waals surface area (Å²) in [5.74, 6) is 3.54. The summed E-state index contributed by atoms with van der Waals surface area (Å²) in [7, 11) is 0. The minimum atomic E-state index is -0.189. The largest absolute Gasteiger partial charge is 0.508 e. The molecule has 0 radical (unpaired) electrons. The summed E-state index contributed by atoms with van der Waals surface area (Å²) in [5, 5.41) is 11.1. The van der Waals surface area contributed by atoms with Crippen LogP contribution >= 0.6 is 0 Å². The Balaban J connectivity index is 1.59. The number of allylic oxidation sites excluding steroid dienone is 2. The van der Waals surface area contributed by atoms with E-state index in [0.29, 0.717) is 34.3 Å². The number of phenols is 1. The topological polar surface area (TPSA) is 29.5 Å². The summed E-state index contributed by atoms with van der Waals surface area (Å²) >= 11 is 0. The molecular weight excluding hydrogens is 332 g/mol. The Hall–Kier alpha value is -1.44. The molecule has 27 heavy (non-hydrogen) atoms. The number of phenolic OH excluding ortho intramolecular Hbond substituents is 1. The van der Waals surface area contributed by atoms with Crippen LogP contribution in [0.1, 0.15) is 89.7 Å². The van der Waals surface area contributed by atoms with Crippen LogP contribution in [0.15, 0.2) is 24.3 Å². The number of hydrogen-bond donors (Lipinski definition) is 1. The third-order valence-electron chi connectivity index (χ3n) is 9.41. The minimum absolute atomic E-state index is 0.189. The highest BCUT2D eigenvalue weighted by molar-refractivity contribution is 5.53. The fourth-order valence-corrected chi connectivity index (χ4v) is 7.26. The molecule has 1 aliphatic heterocycles. The molecular formula is C25H34O2. The van der Waals surface area contributed by atoms with E-state index in [1.807, 2.05) is 0 Å². The van der Waals surface area contributed by atoms with Crippen molar-refractivity contribution in [1.82, 2.24) is 0 Å². The molecule has 1 N–H and O–H groups in total. The summed E-state index contributed by atoms with van der Waals surface area (Å²) in [4.78, 5) is 0. The van der Waals surface area contributed by atoms with Gasteiger partial charge in [-0.3, -0.25) is 0 Å². The van der Waals surface area contributed by atoms with Gasteiger partial charge in [-0.15, -0.1) is 0 Å². The quantitative estimate of drug-likeness (QED) is 0.572. The monoisotopic (exact) mass is 366 g/mol. The molecule has 2 bridgehead atoms. The number of aromatic hydroxyl groups is 1. The third-order valence-corrected chi connectivity index (χ3v) is 9.41. The van der Waals surface area contributed by atoms with Crippen LogP contribution in [0.25, 0.3) is 0 Å². The lowest BCUT2D eigenvalue weighted by atomic mass is 9.64. The number of ether oxygens (including phenoxy) is 1. The van der Waals surface area contributed by atoms with E-state index in [9.17, 15) is 5.11 Å². The van der Waals surface area contributed by atoms with Crippen molar-refractivity contribution in [2.75, 3.05) is 0 Å². The van der Waals surface area contributed by atoms with E-state index in [2.05, 4.69) is 58.9 Å². The molecule has 146 valence electrons. The SMILES string of the molecule is CC1(C)Oc2cc(C3CC4CCC3(C)C4(C)C)cc(O)c2[C@@H]2CC=CC[C@H]21. The van der Waals surface area contributed by atoms with E-state index in [0.717, 1.165) is 30.1 Å². The van der Waals surface area contributed by atoms with Crippen molar-refractivity contribution in [1.29, 1.82) is 0 Å². The molecule has 3 unspecified atom stereocenters. The van der Waals surface area contributed by atoms with Gasteiger partial charge in [0.15, 0.2) is 0 Å². The van der Waals surface area contributed by atoms with E-state index in [-0.39, 0.29) is 5.60 Å². The van der Waals surface area contributed by atoms with E-state index in [1.54, 1.807) is 0 Å². The van der Waals surface area contributed by atoms with Gasteiger partial charge in [-0.25, -0.2) is 0 Å². The lowest BCUT2D eigenvalue weighted by molar-refractivity contribution is 0.00826. The lowest BCUT2D eigenvalue weighted by Crippen LogP contribution is -2.45. The van der Waals surface area contributed by atoms with Gasteiger partial charge >= 0.3 is 0 Å². The molecule has 1 aromatic carbocycles. The second-order valence-corrected chi connectivity index (χ2v) is 11.0. The van der Waals surface area contributed by atoms with Crippen LogP contribution < -0.4 is 4.74 Å². The molecule has 4 aliphatic rings. The molecule has 1 heterocycles. The van der Waals surface area contributed by atoms with E-state index >= 15 is 0 Å². The zero-order chi connectivity index (χ0) is 19.2. The molecule has 3 aliphatic carbocycles. The summed E-state index contributed by atoms with van der Waals surface area (Å²) < 4.78 is 6.54. The maximum atomic E-state index is 11.1. The van der Waals surface area contributed by atoms with Crippen LogP contribution in [0.3, 0.4) is 0 Å².